The zero-order valence-corrected chi connectivity index (χ0v) is 34.9. The van der Waals surface area contributed by atoms with E-state index in [1.807, 2.05) is 17.5 Å². The Labute approximate surface area is 341 Å². The van der Waals surface area contributed by atoms with Crippen LogP contribution in [0.2, 0.25) is 0 Å². The minimum Gasteiger partial charge on any atom is -0.493 e. The second-order valence-corrected chi connectivity index (χ2v) is 19.4. The number of aromatic nitrogens is 2. The smallest absolute Gasteiger partial charge is 0.408 e. The second kappa shape index (κ2) is 16.0. The molecular weight excluding hydrogens is 789 g/mol. The second-order valence-electron chi connectivity index (χ2n) is 16.5. The highest BCUT2D eigenvalue weighted by molar-refractivity contribution is 7.91. The predicted octanol–water partition coefficient (Wildman–Crippen LogP) is 4.48. The Bertz CT molecular complexity index is 2200. The third-order valence-electron chi connectivity index (χ3n) is 11.2. The Balaban J connectivity index is 1.21. The van der Waals surface area contributed by atoms with E-state index in [1.54, 1.807) is 32.9 Å². The van der Waals surface area contributed by atoms with Gasteiger partial charge in [0.1, 0.15) is 35.5 Å². The van der Waals surface area contributed by atoms with Crippen molar-refractivity contribution in [2.75, 3.05) is 20.8 Å². The fourth-order valence-corrected chi connectivity index (χ4v) is 9.77. The molecule has 1 aliphatic heterocycles. The summed E-state index contributed by atoms with van der Waals surface area (Å²) in [5.41, 5.74) is -1.01. The Morgan fingerprint density at radius 1 is 1.02 bits per heavy atom. The first-order valence-corrected chi connectivity index (χ1v) is 21.9. The lowest BCUT2D eigenvalue weighted by atomic mass is 9.85. The molecule has 3 N–H and O–H groups in total. The Morgan fingerprint density at radius 2 is 1.69 bits per heavy atom. The number of fused-ring (bicyclic) bond motifs is 1. The van der Waals surface area contributed by atoms with Gasteiger partial charge in [0.05, 0.1) is 41.9 Å². The third-order valence-corrected chi connectivity index (χ3v) is 13.9. The topological polar surface area (TPSA) is 204 Å². The number of methoxy groups -OCH3 is 2. The van der Waals surface area contributed by atoms with Crippen LogP contribution in [0.25, 0.3) is 21.6 Å². The minimum absolute atomic E-state index is 0.0344. The number of ether oxygens (including phenoxy) is 4. The summed E-state index contributed by atoms with van der Waals surface area (Å²) in [5, 5.41) is 6.82. The van der Waals surface area contributed by atoms with Crippen molar-refractivity contribution in [1.29, 1.82) is 0 Å². The molecule has 312 valence electrons. The van der Waals surface area contributed by atoms with Gasteiger partial charge in [0.25, 0.3) is 5.91 Å². The summed E-state index contributed by atoms with van der Waals surface area (Å²) in [7, 11) is -0.891. The van der Waals surface area contributed by atoms with Crippen molar-refractivity contribution in [1.82, 2.24) is 30.2 Å². The maximum absolute atomic E-state index is 14.7. The number of sulfonamides is 1. The Kier molecular flexibility index (Phi) is 11.4. The molecule has 1 saturated heterocycles. The molecule has 0 radical (unpaired) electrons. The molecule has 3 saturated carbocycles. The summed E-state index contributed by atoms with van der Waals surface area (Å²) in [4.78, 5) is 67.9. The van der Waals surface area contributed by atoms with E-state index in [1.165, 1.54) is 36.5 Å². The van der Waals surface area contributed by atoms with Crippen LogP contribution in [0.3, 0.4) is 0 Å². The maximum Gasteiger partial charge on any atom is 0.408 e. The number of carbonyl (C=O) groups is 4. The van der Waals surface area contributed by atoms with Crippen LogP contribution in [-0.2, 0) is 29.1 Å². The van der Waals surface area contributed by atoms with Gasteiger partial charge in [-0.25, -0.2) is 23.2 Å². The normalized spacial score (nSPS) is 23.8. The summed E-state index contributed by atoms with van der Waals surface area (Å²) < 4.78 is 51.0. The number of hydrogen-bond donors (Lipinski definition) is 3. The van der Waals surface area contributed by atoms with E-state index in [-0.39, 0.29) is 31.4 Å². The fourth-order valence-electron chi connectivity index (χ4n) is 7.70. The number of carbonyl (C=O) groups excluding carboxylic acids is 4. The lowest BCUT2D eigenvalue weighted by Crippen LogP contribution is -2.60. The zero-order chi connectivity index (χ0) is 41.6. The molecule has 1 unspecified atom stereocenters. The van der Waals surface area contributed by atoms with Crippen molar-refractivity contribution in [3.05, 3.63) is 42.3 Å². The number of nitrogens with one attached hydrogen (secondary N) is 3. The van der Waals surface area contributed by atoms with Gasteiger partial charge in [-0.1, -0.05) is 32.9 Å². The van der Waals surface area contributed by atoms with Gasteiger partial charge in [0.2, 0.25) is 27.7 Å². The molecule has 0 bridgehead atoms. The van der Waals surface area contributed by atoms with Gasteiger partial charge in [0.15, 0.2) is 11.5 Å². The zero-order valence-electron chi connectivity index (χ0n) is 33.2. The SMILES string of the molecule is C=C[C@@H]1CC1(NC(=O)[C@@H]1C[C@@H](Oc2nc3cc(OC)c(OC)cc3nc2-c2cccs2)CN1C(=O)[C@@H](NC(=O)OC1CCCC1)C(C)(C)C)C(=O)NS(=O)(=O)C1CC1. The van der Waals surface area contributed by atoms with Crippen LogP contribution < -0.4 is 29.6 Å². The van der Waals surface area contributed by atoms with Gasteiger partial charge >= 0.3 is 6.09 Å². The van der Waals surface area contributed by atoms with E-state index in [9.17, 15) is 27.6 Å². The summed E-state index contributed by atoms with van der Waals surface area (Å²) >= 11 is 1.43. The number of nitrogens with zero attached hydrogens (tertiary/aromatic N) is 3. The molecule has 1 aromatic carbocycles. The molecule has 58 heavy (non-hydrogen) atoms. The number of thiophene rings is 1. The van der Waals surface area contributed by atoms with Crippen molar-refractivity contribution in [2.45, 2.75) is 107 Å². The summed E-state index contributed by atoms with van der Waals surface area (Å²) in [6.45, 7) is 9.08. The quantitative estimate of drug-likeness (QED) is 0.193. The summed E-state index contributed by atoms with van der Waals surface area (Å²) in [6, 6.07) is 4.81. The largest absolute Gasteiger partial charge is 0.493 e. The van der Waals surface area contributed by atoms with E-state index < -0.39 is 74.1 Å². The Hall–Kier alpha value is -4.97. The van der Waals surface area contributed by atoms with E-state index in [0.717, 1.165) is 30.6 Å². The lowest BCUT2D eigenvalue weighted by Gasteiger charge is -2.35. The Morgan fingerprint density at radius 3 is 2.26 bits per heavy atom. The molecule has 0 spiro atoms. The van der Waals surface area contributed by atoms with Gasteiger partial charge in [-0.2, -0.15) is 0 Å². The predicted molar refractivity (Wildman–Crippen MR) is 215 cm³/mol. The molecule has 16 nitrogen and oxygen atoms in total. The number of rotatable bonds is 14. The monoisotopic (exact) mass is 838 g/mol. The summed E-state index contributed by atoms with van der Waals surface area (Å²) in [6.07, 6.45) is 4.06. The van der Waals surface area contributed by atoms with Crippen LogP contribution in [0.1, 0.15) is 72.1 Å². The van der Waals surface area contributed by atoms with E-state index in [4.69, 9.17) is 28.9 Å². The van der Waals surface area contributed by atoms with Crippen LogP contribution in [0.4, 0.5) is 4.79 Å². The number of hydrogen-bond acceptors (Lipinski definition) is 13. The van der Waals surface area contributed by atoms with Gasteiger partial charge in [-0.05, 0) is 61.8 Å². The van der Waals surface area contributed by atoms with Crippen molar-refractivity contribution in [2.24, 2.45) is 11.3 Å². The van der Waals surface area contributed by atoms with Crippen LogP contribution in [0, 0.1) is 11.3 Å². The summed E-state index contributed by atoms with van der Waals surface area (Å²) in [5.74, 6) is -1.60. The molecule has 4 aliphatic rings. The highest BCUT2D eigenvalue weighted by Crippen LogP contribution is 2.46. The first-order chi connectivity index (χ1) is 27.6. The molecule has 3 aromatic rings. The lowest BCUT2D eigenvalue weighted by molar-refractivity contribution is -0.143. The molecule has 5 atom stereocenters. The van der Waals surface area contributed by atoms with Gasteiger partial charge < -0.3 is 34.5 Å². The van der Waals surface area contributed by atoms with Gasteiger partial charge in [-0.15, -0.1) is 17.9 Å². The molecular formula is C40H50N6O10S2. The van der Waals surface area contributed by atoms with Gasteiger partial charge in [-0.3, -0.25) is 19.1 Å². The highest BCUT2D eigenvalue weighted by Gasteiger charge is 2.62. The molecule has 2 aromatic heterocycles. The van der Waals surface area contributed by atoms with Crippen LogP contribution in [0.15, 0.2) is 42.3 Å². The average molecular weight is 839 g/mol. The van der Waals surface area contributed by atoms with Crippen LogP contribution >= 0.6 is 11.3 Å². The molecule has 4 fully saturated rings. The van der Waals surface area contributed by atoms with Crippen molar-refractivity contribution in [3.8, 4) is 28.0 Å². The molecule has 3 heterocycles. The highest BCUT2D eigenvalue weighted by atomic mass is 32.2. The van der Waals surface area contributed by atoms with Crippen LogP contribution in [-0.4, -0.2) is 103 Å². The van der Waals surface area contributed by atoms with E-state index in [0.29, 0.717) is 41.1 Å². The third kappa shape index (κ3) is 8.44. The molecule has 3 aliphatic carbocycles. The first-order valence-electron chi connectivity index (χ1n) is 19.5. The maximum atomic E-state index is 14.7. The number of benzene rings is 1. The molecule has 4 amide bonds. The van der Waals surface area contributed by atoms with E-state index in [2.05, 4.69) is 21.9 Å². The minimum atomic E-state index is -3.93. The molecule has 18 heteroatoms. The fraction of sp³-hybridized carbons (Fsp3) is 0.550. The number of likely N-dealkylation sites (tertiary alicyclic amines) is 1. The van der Waals surface area contributed by atoms with Crippen LogP contribution in [0.5, 0.6) is 17.4 Å². The van der Waals surface area contributed by atoms with E-state index >= 15 is 0 Å². The first kappa shape index (κ1) is 41.2. The van der Waals surface area contributed by atoms with Crippen molar-refractivity contribution in [3.63, 3.8) is 0 Å². The molecule has 7 rings (SSSR count). The van der Waals surface area contributed by atoms with Crippen molar-refractivity contribution >= 4 is 56.2 Å². The number of alkyl carbamates (subject to hydrolysis) is 1. The standard InChI is InChI=1S/C40H50N6O10S2/c1-7-22-20-40(22,37(49)45-58(51,52)25-14-15-25)44-34(47)28-17-24(21-46(28)36(48)33(39(2,3)4)43-38(50)56-23-11-8-9-12-23)55-35-32(31-13-10-16-57-31)41-26-18-29(53-5)30(54-6)19-27(26)42-35/h7,10,13,16,18-19,22-25,28,33H,1,8-9,11-12,14-15,17,20-21H2,2-6H3,(H,43,50)(H,44,47)(H,45,49)/t22-,24-,28+,33-,40?/m1/s1. The van der Waals surface area contributed by atoms with Gasteiger partial charge in [0, 0.05) is 24.5 Å². The number of amides is 4. The van der Waals surface area contributed by atoms with Crippen molar-refractivity contribution < 1.29 is 46.5 Å². The average Bonchev–Trinajstić information content (AvgIpc) is 3.93.